The van der Waals surface area contributed by atoms with Gasteiger partial charge in [0.15, 0.2) is 0 Å². The highest BCUT2D eigenvalue weighted by molar-refractivity contribution is 5.89. The van der Waals surface area contributed by atoms with Crippen molar-refractivity contribution < 1.29 is 9.90 Å². The van der Waals surface area contributed by atoms with Crippen LogP contribution in [0.4, 0.5) is 10.6 Å². The van der Waals surface area contributed by atoms with Crippen molar-refractivity contribution in [3.8, 4) is 12.3 Å². The van der Waals surface area contributed by atoms with Gasteiger partial charge in [-0.1, -0.05) is 50.6 Å². The minimum Gasteiger partial charge on any atom is -0.512 e. The molecule has 0 atom stereocenters. The Morgan fingerprint density at radius 2 is 2.06 bits per heavy atom. The Balaban J connectivity index is 0.00000151. The zero-order valence-electron chi connectivity index (χ0n) is 19.4. The van der Waals surface area contributed by atoms with E-state index in [0.717, 1.165) is 17.0 Å². The molecule has 0 fully saturated rings. The van der Waals surface area contributed by atoms with Gasteiger partial charge in [0.2, 0.25) is 0 Å². The van der Waals surface area contributed by atoms with Crippen molar-refractivity contribution in [2.75, 3.05) is 11.9 Å². The van der Waals surface area contributed by atoms with Crippen LogP contribution in [-0.4, -0.2) is 27.5 Å². The highest BCUT2D eigenvalue weighted by Crippen LogP contribution is 2.27. The molecule has 1 aromatic rings. The third-order valence-electron chi connectivity index (χ3n) is 4.24. The zero-order valence-corrected chi connectivity index (χ0v) is 19.4. The number of aliphatic hydroxyl groups is 1. The molecule has 0 bridgehead atoms. The predicted molar refractivity (Wildman–Crippen MR) is 130 cm³/mol. The first-order valence-electron chi connectivity index (χ1n) is 10.2. The summed E-state index contributed by atoms with van der Waals surface area (Å²) in [5.74, 6) is 3.10. The number of aromatic nitrogens is 2. The van der Waals surface area contributed by atoms with E-state index in [1.165, 1.54) is 0 Å². The van der Waals surface area contributed by atoms with Gasteiger partial charge in [-0.15, -0.1) is 12.3 Å². The Kier molecular flexibility index (Phi) is 10.1. The second-order valence-corrected chi connectivity index (χ2v) is 7.99. The molecule has 0 unspecified atom stereocenters. The summed E-state index contributed by atoms with van der Waals surface area (Å²) in [4.78, 5) is 12.3. The number of carbonyl (C=O) groups is 1. The van der Waals surface area contributed by atoms with Gasteiger partial charge in [0, 0.05) is 24.4 Å². The summed E-state index contributed by atoms with van der Waals surface area (Å²) in [5, 5.41) is 20.1. The van der Waals surface area contributed by atoms with Gasteiger partial charge in [-0.2, -0.15) is 5.10 Å². The second-order valence-electron chi connectivity index (χ2n) is 7.99. The van der Waals surface area contributed by atoms with E-state index in [0.29, 0.717) is 18.8 Å². The molecule has 0 aromatic carbocycles. The molecule has 2 rings (SSSR count). The predicted octanol–water partition coefficient (Wildman–Crippen LogP) is 5.71. The number of rotatable bonds is 5. The molecule has 31 heavy (non-hydrogen) atoms. The van der Waals surface area contributed by atoms with Crippen molar-refractivity contribution >= 4 is 17.5 Å². The summed E-state index contributed by atoms with van der Waals surface area (Å²) in [6.07, 6.45) is 18.1. The Hall–Kier alpha value is -3.46. The fourth-order valence-corrected chi connectivity index (χ4v) is 2.43. The molecule has 0 spiro atoms. The van der Waals surface area contributed by atoms with Gasteiger partial charge in [-0.25, -0.2) is 9.48 Å². The number of nitrogens with one attached hydrogen (secondary N) is 2. The topological polar surface area (TPSA) is 79.2 Å². The summed E-state index contributed by atoms with van der Waals surface area (Å²) in [6, 6.07) is 1.57. The van der Waals surface area contributed by atoms with E-state index < -0.39 is 0 Å². The normalized spacial score (nSPS) is 14.0. The van der Waals surface area contributed by atoms with Gasteiger partial charge in [0.05, 0.1) is 17.2 Å². The molecule has 0 aliphatic heterocycles. The molecule has 0 saturated heterocycles. The monoisotopic (exact) mass is 422 g/mol. The van der Waals surface area contributed by atoms with Crippen molar-refractivity contribution in [1.29, 1.82) is 0 Å². The van der Waals surface area contributed by atoms with E-state index in [9.17, 15) is 9.90 Å². The smallest absolute Gasteiger partial charge is 0.320 e. The maximum Gasteiger partial charge on any atom is 0.320 e. The summed E-state index contributed by atoms with van der Waals surface area (Å²) in [6.45, 7) is 12.3. The van der Waals surface area contributed by atoms with Crippen LogP contribution >= 0.6 is 0 Å². The highest BCUT2D eigenvalue weighted by Gasteiger charge is 2.21. The maximum atomic E-state index is 12.3. The molecule has 2 amide bonds. The van der Waals surface area contributed by atoms with Gasteiger partial charge in [-0.3, -0.25) is 5.32 Å². The van der Waals surface area contributed by atoms with Crippen LogP contribution in [-0.2, 0) is 5.41 Å². The van der Waals surface area contributed by atoms with Crippen LogP contribution < -0.4 is 10.6 Å². The Morgan fingerprint density at radius 3 is 2.68 bits per heavy atom. The van der Waals surface area contributed by atoms with Crippen molar-refractivity contribution in [3.63, 3.8) is 0 Å². The third-order valence-corrected chi connectivity index (χ3v) is 4.24. The minimum absolute atomic E-state index is 0.169. The fourth-order valence-electron chi connectivity index (χ4n) is 2.43. The summed E-state index contributed by atoms with van der Waals surface area (Å²) in [7, 11) is 0. The van der Waals surface area contributed by atoms with Crippen molar-refractivity contribution in [2.45, 2.75) is 53.4 Å². The largest absolute Gasteiger partial charge is 0.512 e. The molecule has 6 nitrogen and oxygen atoms in total. The molecule has 6 heteroatoms. The summed E-state index contributed by atoms with van der Waals surface area (Å²) in [5.41, 5.74) is 2.59. The van der Waals surface area contributed by atoms with E-state index in [1.807, 2.05) is 50.3 Å². The minimum atomic E-state index is -0.305. The number of allylic oxidation sites excluding steroid dienone is 8. The second kappa shape index (κ2) is 12.3. The van der Waals surface area contributed by atoms with E-state index in [1.54, 1.807) is 23.8 Å². The first kappa shape index (κ1) is 25.6. The van der Waals surface area contributed by atoms with Gasteiger partial charge in [-0.05, 0) is 39.0 Å². The quantitative estimate of drug-likeness (QED) is 0.420. The average molecular weight is 423 g/mol. The lowest BCUT2D eigenvalue weighted by molar-refractivity contribution is 0.253. The number of terminal acetylenes is 1. The molecule has 1 aliphatic rings. The van der Waals surface area contributed by atoms with Crippen molar-refractivity contribution in [3.05, 3.63) is 65.6 Å². The molecule has 1 aromatic heterocycles. The van der Waals surface area contributed by atoms with E-state index in [4.69, 9.17) is 0 Å². The third kappa shape index (κ3) is 8.83. The Labute approximate surface area is 186 Å². The number of hydrogen-bond acceptors (Lipinski definition) is 3. The molecule has 0 radical (unpaired) electrons. The molecule has 1 heterocycles. The SMILES string of the molecule is C#CC.C/C=C(C)\C=C/CNC(=O)Nc1cc(C(C)(C)C)nn1C1=CC=C(O)CC=C1. The van der Waals surface area contributed by atoms with Crippen molar-refractivity contribution in [2.24, 2.45) is 0 Å². The van der Waals surface area contributed by atoms with Crippen LogP contribution in [0.2, 0.25) is 0 Å². The molecule has 3 N–H and O–H groups in total. The van der Waals surface area contributed by atoms with Crippen LogP contribution in [0.5, 0.6) is 0 Å². The summed E-state index contributed by atoms with van der Waals surface area (Å²) < 4.78 is 1.69. The Bertz CT molecular complexity index is 945. The van der Waals surface area contributed by atoms with E-state index in [-0.39, 0.29) is 17.2 Å². The molecule has 1 aliphatic carbocycles. The number of anilines is 1. The van der Waals surface area contributed by atoms with Crippen molar-refractivity contribution in [1.82, 2.24) is 15.1 Å². The Morgan fingerprint density at radius 1 is 1.39 bits per heavy atom. The van der Waals surface area contributed by atoms with Crippen LogP contribution in [0.3, 0.4) is 0 Å². The van der Waals surface area contributed by atoms with E-state index >= 15 is 0 Å². The number of hydrogen-bond donors (Lipinski definition) is 3. The number of amides is 2. The number of urea groups is 1. The number of carbonyl (C=O) groups excluding carboxylic acids is 1. The maximum absolute atomic E-state index is 12.3. The number of aliphatic hydroxyl groups excluding tert-OH is 1. The van der Waals surface area contributed by atoms with Crippen LogP contribution in [0.1, 0.15) is 53.7 Å². The molecular formula is C25H34N4O2. The average Bonchev–Trinajstić information content (AvgIpc) is 3.00. The van der Waals surface area contributed by atoms with Gasteiger partial charge in [0.25, 0.3) is 0 Å². The van der Waals surface area contributed by atoms with E-state index in [2.05, 4.69) is 48.8 Å². The standard InChI is InChI=1S/C22H30N4O2.C3H4/c1-6-16(2)9-8-14-23-21(28)24-20-15-19(22(3,4)5)25-26(20)17-10-7-11-18(27)13-12-17;1-3-2/h6-10,12-13,15,27H,11,14H2,1-5H3,(H2,23,24,28);1H,2H3/b9-8-,16-6-;. The first-order chi connectivity index (χ1) is 14.6. The molecule has 0 saturated carbocycles. The zero-order chi connectivity index (χ0) is 23.4. The summed E-state index contributed by atoms with van der Waals surface area (Å²) >= 11 is 0. The lowest BCUT2D eigenvalue weighted by Gasteiger charge is -2.14. The van der Waals surface area contributed by atoms with Crippen LogP contribution in [0.15, 0.2) is 59.9 Å². The lowest BCUT2D eigenvalue weighted by Crippen LogP contribution is -2.29. The van der Waals surface area contributed by atoms with Crippen LogP contribution in [0.25, 0.3) is 5.70 Å². The molecular weight excluding hydrogens is 388 g/mol. The number of nitrogens with zero attached hydrogens (tertiary/aromatic N) is 2. The highest BCUT2D eigenvalue weighted by atomic mass is 16.3. The van der Waals surface area contributed by atoms with Gasteiger partial charge < -0.3 is 10.4 Å². The first-order valence-corrected chi connectivity index (χ1v) is 10.2. The van der Waals surface area contributed by atoms with Crippen LogP contribution in [0, 0.1) is 12.3 Å². The van der Waals surface area contributed by atoms with Gasteiger partial charge in [0.1, 0.15) is 5.82 Å². The lowest BCUT2D eigenvalue weighted by atomic mass is 9.92. The van der Waals surface area contributed by atoms with Gasteiger partial charge >= 0.3 is 6.03 Å². The fraction of sp³-hybridized carbons (Fsp3) is 0.360. The molecule has 166 valence electrons.